The summed E-state index contributed by atoms with van der Waals surface area (Å²) in [7, 11) is 0. The number of nitrogens with one attached hydrogen (secondary N) is 1. The molecular weight excluding hydrogens is 511 g/mol. The molecule has 6 rings (SSSR count). The molecule has 2 aliphatic heterocycles. The van der Waals surface area contributed by atoms with Gasteiger partial charge in [0, 0.05) is 72.4 Å². The van der Waals surface area contributed by atoms with Gasteiger partial charge in [-0.15, -0.1) is 0 Å². The first-order valence-electron chi connectivity index (χ1n) is 14.2. The number of halogens is 3. The number of fused-ring (bicyclic) bond motifs is 3. The molecule has 0 spiro atoms. The van der Waals surface area contributed by atoms with E-state index in [1.54, 1.807) is 0 Å². The van der Waals surface area contributed by atoms with Crippen LogP contribution in [-0.4, -0.2) is 60.3 Å². The number of para-hydroxylation sites is 1. The summed E-state index contributed by atoms with van der Waals surface area (Å²) < 4.78 is 50.3. The first-order valence-corrected chi connectivity index (χ1v) is 14.2. The Hall–Kier alpha value is -3.29. The summed E-state index contributed by atoms with van der Waals surface area (Å²) in [5.74, 6) is -0.792. The van der Waals surface area contributed by atoms with Gasteiger partial charge in [-0.25, -0.2) is 8.78 Å². The van der Waals surface area contributed by atoms with Crippen molar-refractivity contribution in [2.75, 3.05) is 39.5 Å². The predicted octanol–water partition coefficient (Wildman–Crippen LogP) is 6.87. The summed E-state index contributed by atoms with van der Waals surface area (Å²) in [4.78, 5) is 7.85. The van der Waals surface area contributed by atoms with Crippen molar-refractivity contribution in [2.24, 2.45) is 5.92 Å². The number of likely N-dealkylation sites (tertiary alicyclic amines) is 1. The number of aromatic amines is 1. The number of rotatable bonds is 9. The third-order valence-corrected chi connectivity index (χ3v) is 8.62. The lowest BCUT2D eigenvalue weighted by atomic mass is 9.86. The van der Waals surface area contributed by atoms with E-state index in [0.29, 0.717) is 32.8 Å². The zero-order valence-corrected chi connectivity index (χ0v) is 23.0. The number of aromatic nitrogens is 1. The Morgan fingerprint density at radius 3 is 2.42 bits per heavy atom. The van der Waals surface area contributed by atoms with Crippen molar-refractivity contribution < 1.29 is 17.9 Å². The lowest BCUT2D eigenvalue weighted by Crippen LogP contribution is -2.49. The van der Waals surface area contributed by atoms with E-state index in [2.05, 4.69) is 46.8 Å². The van der Waals surface area contributed by atoms with Crippen molar-refractivity contribution in [2.45, 2.75) is 38.3 Å². The minimum absolute atomic E-state index is 0.0421. The van der Waals surface area contributed by atoms with E-state index in [0.717, 1.165) is 28.6 Å². The third kappa shape index (κ3) is 5.13. The van der Waals surface area contributed by atoms with Crippen LogP contribution in [0.2, 0.25) is 0 Å². The minimum Gasteiger partial charge on any atom is -0.492 e. The highest BCUT2D eigenvalue weighted by molar-refractivity contribution is 5.85. The summed E-state index contributed by atoms with van der Waals surface area (Å²) >= 11 is 0. The molecule has 7 heteroatoms. The van der Waals surface area contributed by atoms with Crippen LogP contribution in [0.15, 0.2) is 66.7 Å². The number of nitrogens with zero attached hydrogens (tertiary/aromatic N) is 2. The van der Waals surface area contributed by atoms with Gasteiger partial charge in [-0.3, -0.25) is 14.2 Å². The fourth-order valence-corrected chi connectivity index (χ4v) is 6.46. The first kappa shape index (κ1) is 26.9. The molecule has 1 saturated heterocycles. The van der Waals surface area contributed by atoms with Crippen LogP contribution in [0.3, 0.4) is 0 Å². The number of alkyl halides is 1. The Kier molecular flexibility index (Phi) is 7.60. The van der Waals surface area contributed by atoms with E-state index in [1.807, 2.05) is 36.4 Å². The summed E-state index contributed by atoms with van der Waals surface area (Å²) in [6, 6.07) is 20.4. The van der Waals surface area contributed by atoms with Crippen LogP contribution in [-0.2, 0) is 6.42 Å². The maximum atomic E-state index is 16.0. The van der Waals surface area contributed by atoms with Gasteiger partial charge < -0.3 is 9.72 Å². The fourth-order valence-electron chi connectivity index (χ4n) is 6.46. The second-order valence-corrected chi connectivity index (χ2v) is 11.5. The highest BCUT2D eigenvalue weighted by Crippen LogP contribution is 2.43. The quantitative estimate of drug-likeness (QED) is 0.248. The van der Waals surface area contributed by atoms with E-state index >= 15 is 8.78 Å². The molecule has 3 heterocycles. The molecule has 1 fully saturated rings. The third-order valence-electron chi connectivity index (χ3n) is 8.62. The van der Waals surface area contributed by atoms with Crippen molar-refractivity contribution in [3.05, 3.63) is 101 Å². The molecule has 0 bridgehead atoms. The Labute approximate surface area is 233 Å². The highest BCUT2D eigenvalue weighted by Gasteiger charge is 2.39. The van der Waals surface area contributed by atoms with Gasteiger partial charge in [-0.1, -0.05) is 55.5 Å². The van der Waals surface area contributed by atoms with E-state index in [1.165, 1.54) is 17.7 Å². The number of benzene rings is 3. The average molecular weight is 548 g/mol. The predicted molar refractivity (Wildman–Crippen MR) is 153 cm³/mol. The van der Waals surface area contributed by atoms with Gasteiger partial charge >= 0.3 is 0 Å². The van der Waals surface area contributed by atoms with Gasteiger partial charge in [0.2, 0.25) is 0 Å². The normalized spacial score (nSPS) is 20.8. The van der Waals surface area contributed by atoms with Crippen LogP contribution in [0.5, 0.6) is 5.75 Å². The zero-order valence-electron chi connectivity index (χ0n) is 23.0. The summed E-state index contributed by atoms with van der Waals surface area (Å²) in [6.07, 6.45) is 0.793. The molecule has 2 aliphatic rings. The van der Waals surface area contributed by atoms with Crippen molar-refractivity contribution in [3.63, 3.8) is 0 Å². The molecule has 40 heavy (non-hydrogen) atoms. The molecule has 1 aromatic heterocycles. The average Bonchev–Trinajstić information content (AvgIpc) is 3.29. The molecule has 0 saturated carbocycles. The van der Waals surface area contributed by atoms with Gasteiger partial charge in [0.25, 0.3) is 0 Å². The monoisotopic (exact) mass is 547 g/mol. The van der Waals surface area contributed by atoms with Crippen molar-refractivity contribution in [1.29, 1.82) is 0 Å². The Morgan fingerprint density at radius 1 is 1.00 bits per heavy atom. The van der Waals surface area contributed by atoms with Gasteiger partial charge in [-0.05, 0) is 36.5 Å². The number of hydrogen-bond acceptors (Lipinski definition) is 3. The highest BCUT2D eigenvalue weighted by atomic mass is 19.1. The molecule has 4 aromatic rings. The zero-order chi connectivity index (χ0) is 27.8. The van der Waals surface area contributed by atoms with E-state index < -0.39 is 17.7 Å². The van der Waals surface area contributed by atoms with E-state index in [9.17, 15) is 4.39 Å². The van der Waals surface area contributed by atoms with Gasteiger partial charge in [0.15, 0.2) is 0 Å². The molecule has 4 nitrogen and oxygen atoms in total. The van der Waals surface area contributed by atoms with Gasteiger partial charge in [0.05, 0.1) is 12.7 Å². The van der Waals surface area contributed by atoms with E-state index in [-0.39, 0.29) is 35.9 Å². The van der Waals surface area contributed by atoms with Crippen LogP contribution in [0.25, 0.3) is 10.9 Å². The molecular formula is C33H36F3N3O. The largest absolute Gasteiger partial charge is 0.492 e. The number of H-pyrrole nitrogens is 1. The molecule has 3 aromatic carbocycles. The van der Waals surface area contributed by atoms with Crippen LogP contribution in [0.1, 0.15) is 48.2 Å². The topological polar surface area (TPSA) is 31.5 Å². The van der Waals surface area contributed by atoms with E-state index in [4.69, 9.17) is 4.74 Å². The van der Waals surface area contributed by atoms with Crippen molar-refractivity contribution in [3.8, 4) is 5.75 Å². The molecule has 1 N–H and O–H groups in total. The number of ether oxygens (including phenoxy) is 1. The van der Waals surface area contributed by atoms with Gasteiger partial charge in [-0.2, -0.15) is 0 Å². The lowest BCUT2D eigenvalue weighted by molar-refractivity contribution is 0.0667. The Bertz CT molecular complexity index is 1440. The van der Waals surface area contributed by atoms with Crippen LogP contribution >= 0.6 is 0 Å². The maximum absolute atomic E-state index is 16.0. The van der Waals surface area contributed by atoms with Crippen molar-refractivity contribution in [1.82, 2.24) is 14.8 Å². The van der Waals surface area contributed by atoms with Gasteiger partial charge in [0.1, 0.15) is 24.0 Å². The Morgan fingerprint density at radius 2 is 1.70 bits per heavy atom. The maximum Gasteiger partial charge on any atom is 0.135 e. The molecule has 2 unspecified atom stereocenters. The van der Waals surface area contributed by atoms with Crippen LogP contribution < -0.4 is 4.74 Å². The smallest absolute Gasteiger partial charge is 0.135 e. The second-order valence-electron chi connectivity index (χ2n) is 11.5. The summed E-state index contributed by atoms with van der Waals surface area (Å²) in [5.41, 5.74) is 4.19. The Balaban J connectivity index is 1.32. The molecule has 0 aliphatic carbocycles. The minimum atomic E-state index is -0.613. The summed E-state index contributed by atoms with van der Waals surface area (Å²) in [5, 5.41) is 1.10. The SMILES string of the molecule is CC1Cc2c([nH]c3ccccc23)C(c2c(F)cc(OCCN3CC(CF)C3)cc2F)N1C[C@@H](C)c1ccccc1. The molecule has 0 radical (unpaired) electrons. The number of hydrogen-bond donors (Lipinski definition) is 1. The van der Waals surface area contributed by atoms with Crippen LogP contribution in [0, 0.1) is 17.6 Å². The fraction of sp³-hybridized carbons (Fsp3) is 0.394. The molecule has 0 amide bonds. The standard InChI is InChI=1S/C33H36F3N3O/c1-21(24-8-4-3-5-9-24)18-39-22(2)14-27-26-10-6-7-11-30(26)37-32(27)33(39)31-28(35)15-25(16-29(31)36)40-13-12-38-19-23(17-34)20-38/h3-11,15-16,21-23,33,37H,12-14,17-20H2,1-2H3/t21-,22?,33?/m1/s1. The molecule has 3 atom stereocenters. The van der Waals surface area contributed by atoms with Crippen LogP contribution in [0.4, 0.5) is 13.2 Å². The first-order chi connectivity index (χ1) is 19.4. The lowest BCUT2D eigenvalue weighted by Gasteiger charge is -2.42. The van der Waals surface area contributed by atoms with Crippen molar-refractivity contribution >= 4 is 10.9 Å². The molecule has 210 valence electrons. The summed E-state index contributed by atoms with van der Waals surface area (Å²) in [6.45, 7) is 6.95. The second kappa shape index (κ2) is 11.3.